The van der Waals surface area contributed by atoms with Crippen LogP contribution >= 0.6 is 12.4 Å². The largest absolute Gasteiger partial charge is 0.481 e. The number of carboxylic acid groups (broad SMARTS) is 1. The summed E-state index contributed by atoms with van der Waals surface area (Å²) >= 11 is 0. The third kappa shape index (κ3) is 9.60. The molecule has 0 heterocycles. The van der Waals surface area contributed by atoms with Gasteiger partial charge in [-0.1, -0.05) is 6.42 Å². The van der Waals surface area contributed by atoms with Crippen LogP contribution in [0.5, 0.6) is 0 Å². The molecule has 0 aliphatic carbocycles. The number of unbranched alkanes of at least 4 members (excludes halogenated alkanes) is 1. The van der Waals surface area contributed by atoms with Gasteiger partial charge in [-0.05, 0) is 19.8 Å². The van der Waals surface area contributed by atoms with Crippen LogP contribution in [0, 0.1) is 0 Å². The fourth-order valence-electron chi connectivity index (χ4n) is 0.897. The summed E-state index contributed by atoms with van der Waals surface area (Å²) in [5.74, 6) is -0.777. The number of carbonyl (C=O) groups is 1. The van der Waals surface area contributed by atoms with Gasteiger partial charge in [0.15, 0.2) is 0 Å². The van der Waals surface area contributed by atoms with E-state index in [0.717, 1.165) is 6.42 Å². The SMILES string of the molecule is CC(O)C(N)CCCCC(=O)O.Cl. The minimum absolute atomic E-state index is 0. The van der Waals surface area contributed by atoms with Crippen molar-refractivity contribution in [3.05, 3.63) is 0 Å². The predicted molar refractivity (Wildman–Crippen MR) is 53.0 cm³/mol. The molecule has 0 amide bonds. The minimum Gasteiger partial charge on any atom is -0.481 e. The molecular weight excluding hydrogens is 194 g/mol. The maximum absolute atomic E-state index is 10.1. The lowest BCUT2D eigenvalue weighted by molar-refractivity contribution is -0.137. The molecule has 0 radical (unpaired) electrons. The van der Waals surface area contributed by atoms with E-state index in [1.54, 1.807) is 6.92 Å². The lowest BCUT2D eigenvalue weighted by Crippen LogP contribution is -2.32. The third-order valence-corrected chi connectivity index (χ3v) is 1.80. The summed E-state index contributed by atoms with van der Waals surface area (Å²) in [7, 11) is 0. The molecule has 4 nitrogen and oxygen atoms in total. The Morgan fingerprint density at radius 3 is 2.38 bits per heavy atom. The van der Waals surface area contributed by atoms with Crippen molar-refractivity contribution in [2.24, 2.45) is 5.73 Å². The number of carboxylic acids is 1. The molecule has 0 aliphatic rings. The smallest absolute Gasteiger partial charge is 0.303 e. The fraction of sp³-hybridized carbons (Fsp3) is 0.875. The first-order valence-corrected chi connectivity index (χ1v) is 4.19. The molecular formula is C8H18ClNO3. The van der Waals surface area contributed by atoms with Crippen LogP contribution in [0.3, 0.4) is 0 Å². The molecule has 13 heavy (non-hydrogen) atoms. The number of rotatable bonds is 6. The average molecular weight is 212 g/mol. The molecule has 0 saturated heterocycles. The summed E-state index contributed by atoms with van der Waals surface area (Å²) in [4.78, 5) is 10.1. The lowest BCUT2D eigenvalue weighted by Gasteiger charge is -2.13. The van der Waals surface area contributed by atoms with Crippen LogP contribution in [-0.4, -0.2) is 28.3 Å². The van der Waals surface area contributed by atoms with E-state index in [0.29, 0.717) is 12.8 Å². The topological polar surface area (TPSA) is 83.5 Å². The Bertz CT molecular complexity index is 141. The maximum atomic E-state index is 10.1. The molecule has 2 atom stereocenters. The zero-order valence-corrected chi connectivity index (χ0v) is 8.59. The van der Waals surface area contributed by atoms with E-state index < -0.39 is 12.1 Å². The quantitative estimate of drug-likeness (QED) is 0.567. The van der Waals surface area contributed by atoms with Gasteiger partial charge in [0.25, 0.3) is 0 Å². The van der Waals surface area contributed by atoms with Gasteiger partial charge >= 0.3 is 5.97 Å². The molecule has 0 aromatic heterocycles. The van der Waals surface area contributed by atoms with Gasteiger partial charge in [-0.3, -0.25) is 4.79 Å². The van der Waals surface area contributed by atoms with Gasteiger partial charge in [-0.15, -0.1) is 12.4 Å². The molecule has 4 N–H and O–H groups in total. The first kappa shape index (κ1) is 15.2. The molecule has 0 rings (SSSR count). The van der Waals surface area contributed by atoms with Gasteiger partial charge in [-0.2, -0.15) is 0 Å². The molecule has 0 aliphatic heterocycles. The first-order chi connectivity index (χ1) is 5.54. The number of halogens is 1. The van der Waals surface area contributed by atoms with Gasteiger partial charge < -0.3 is 15.9 Å². The van der Waals surface area contributed by atoms with Gasteiger partial charge in [0, 0.05) is 12.5 Å². The first-order valence-electron chi connectivity index (χ1n) is 4.19. The molecule has 0 aromatic carbocycles. The minimum atomic E-state index is -0.777. The Hall–Kier alpha value is -0.320. The van der Waals surface area contributed by atoms with Gasteiger partial charge in [-0.25, -0.2) is 0 Å². The molecule has 0 saturated carbocycles. The fourth-order valence-corrected chi connectivity index (χ4v) is 0.897. The van der Waals surface area contributed by atoms with Crippen LogP contribution in [0.2, 0.25) is 0 Å². The van der Waals surface area contributed by atoms with E-state index in [1.807, 2.05) is 0 Å². The Kier molecular flexibility index (Phi) is 9.67. The molecule has 80 valence electrons. The Labute approximate surface area is 84.5 Å². The molecule has 0 aromatic rings. The van der Waals surface area contributed by atoms with E-state index in [9.17, 15) is 4.79 Å². The van der Waals surface area contributed by atoms with E-state index >= 15 is 0 Å². The number of aliphatic hydroxyl groups excluding tert-OH is 1. The third-order valence-electron chi connectivity index (χ3n) is 1.80. The monoisotopic (exact) mass is 211 g/mol. The van der Waals surface area contributed by atoms with Crippen LogP contribution in [0.25, 0.3) is 0 Å². The Balaban J connectivity index is 0. The van der Waals surface area contributed by atoms with Crippen molar-refractivity contribution in [3.63, 3.8) is 0 Å². The summed E-state index contributed by atoms with van der Waals surface area (Å²) in [5.41, 5.74) is 5.54. The van der Waals surface area contributed by atoms with Crippen LogP contribution in [0.15, 0.2) is 0 Å². The van der Waals surface area contributed by atoms with Crippen molar-refractivity contribution >= 4 is 18.4 Å². The molecule has 5 heteroatoms. The lowest BCUT2D eigenvalue weighted by atomic mass is 10.1. The number of hydrogen-bond acceptors (Lipinski definition) is 3. The van der Waals surface area contributed by atoms with Gasteiger partial charge in [0.05, 0.1) is 6.10 Å². The molecule has 0 spiro atoms. The second-order valence-electron chi connectivity index (χ2n) is 3.04. The van der Waals surface area contributed by atoms with Gasteiger partial charge in [0.1, 0.15) is 0 Å². The van der Waals surface area contributed by atoms with Gasteiger partial charge in [0.2, 0.25) is 0 Å². The highest BCUT2D eigenvalue weighted by molar-refractivity contribution is 5.85. The molecule has 0 fully saturated rings. The maximum Gasteiger partial charge on any atom is 0.303 e. The Morgan fingerprint density at radius 2 is 2.00 bits per heavy atom. The predicted octanol–water partition coefficient (Wildman–Crippen LogP) is 0.761. The Morgan fingerprint density at radius 1 is 1.46 bits per heavy atom. The highest BCUT2D eigenvalue weighted by Gasteiger charge is 2.08. The zero-order valence-electron chi connectivity index (χ0n) is 7.77. The second kappa shape index (κ2) is 8.29. The highest BCUT2D eigenvalue weighted by Crippen LogP contribution is 2.04. The van der Waals surface area contributed by atoms with E-state index in [1.165, 1.54) is 0 Å². The van der Waals surface area contributed by atoms with E-state index in [-0.39, 0.29) is 24.9 Å². The van der Waals surface area contributed by atoms with E-state index in [4.69, 9.17) is 15.9 Å². The normalized spacial score (nSPS) is 14.4. The van der Waals surface area contributed by atoms with Crippen molar-refractivity contribution in [1.82, 2.24) is 0 Å². The van der Waals surface area contributed by atoms with Crippen LogP contribution < -0.4 is 5.73 Å². The van der Waals surface area contributed by atoms with Crippen molar-refractivity contribution < 1.29 is 15.0 Å². The summed E-state index contributed by atoms with van der Waals surface area (Å²) in [6.07, 6.45) is 1.76. The second-order valence-corrected chi connectivity index (χ2v) is 3.04. The summed E-state index contributed by atoms with van der Waals surface area (Å²) in [6, 6.07) is -0.223. The van der Waals surface area contributed by atoms with E-state index in [2.05, 4.69) is 0 Å². The van der Waals surface area contributed by atoms with Crippen molar-refractivity contribution in [3.8, 4) is 0 Å². The number of aliphatic carboxylic acids is 1. The van der Waals surface area contributed by atoms with Crippen molar-refractivity contribution in [2.75, 3.05) is 0 Å². The summed E-state index contributed by atoms with van der Waals surface area (Å²) in [5, 5.41) is 17.3. The highest BCUT2D eigenvalue weighted by atomic mass is 35.5. The summed E-state index contributed by atoms with van der Waals surface area (Å²) in [6.45, 7) is 1.64. The average Bonchev–Trinajstić information content (AvgIpc) is 1.97. The standard InChI is InChI=1S/C8H17NO3.ClH/c1-6(10)7(9)4-2-3-5-8(11)12;/h6-7,10H,2-5,9H2,1H3,(H,11,12);1H. The van der Waals surface area contributed by atoms with Crippen molar-refractivity contribution in [2.45, 2.75) is 44.8 Å². The van der Waals surface area contributed by atoms with Crippen LogP contribution in [0.1, 0.15) is 32.6 Å². The number of aliphatic hydroxyl groups is 1. The van der Waals surface area contributed by atoms with Crippen LogP contribution in [-0.2, 0) is 4.79 Å². The summed E-state index contributed by atoms with van der Waals surface area (Å²) < 4.78 is 0. The number of hydrogen-bond donors (Lipinski definition) is 3. The van der Waals surface area contributed by atoms with Crippen LogP contribution in [0.4, 0.5) is 0 Å². The van der Waals surface area contributed by atoms with Crippen molar-refractivity contribution in [1.29, 1.82) is 0 Å². The number of nitrogens with two attached hydrogens (primary N) is 1. The molecule has 0 bridgehead atoms. The zero-order chi connectivity index (χ0) is 9.56. The molecule has 2 unspecified atom stereocenters.